The van der Waals surface area contributed by atoms with E-state index < -0.39 is 0 Å². The predicted molar refractivity (Wildman–Crippen MR) is 101 cm³/mol. The van der Waals surface area contributed by atoms with Gasteiger partial charge in [0.2, 0.25) is 11.8 Å². The molecule has 2 aromatic rings. The molecule has 0 saturated carbocycles. The topological polar surface area (TPSA) is 58.2 Å². The maximum Gasteiger partial charge on any atom is 0.233 e. The molecule has 0 aromatic heterocycles. The van der Waals surface area contributed by atoms with Crippen LogP contribution in [0.3, 0.4) is 0 Å². The SMILES string of the molecule is CCc1cccc(C)c1NC(=O)CC(=O)Nc1ccc(Br)c(C)c1. The van der Waals surface area contributed by atoms with Gasteiger partial charge in [0, 0.05) is 15.8 Å². The van der Waals surface area contributed by atoms with Gasteiger partial charge in [0.05, 0.1) is 0 Å². The molecule has 0 spiro atoms. The molecule has 0 aliphatic rings. The molecule has 24 heavy (non-hydrogen) atoms. The third-order valence-electron chi connectivity index (χ3n) is 3.77. The summed E-state index contributed by atoms with van der Waals surface area (Å²) in [5, 5.41) is 5.61. The monoisotopic (exact) mass is 388 g/mol. The molecular formula is C19H21BrN2O2. The summed E-state index contributed by atoms with van der Waals surface area (Å²) in [6.07, 6.45) is 0.605. The third kappa shape index (κ3) is 4.68. The summed E-state index contributed by atoms with van der Waals surface area (Å²) >= 11 is 3.42. The zero-order valence-corrected chi connectivity index (χ0v) is 15.7. The minimum atomic E-state index is -0.333. The Kier molecular flexibility index (Phi) is 6.15. The largest absolute Gasteiger partial charge is 0.326 e. The molecule has 0 unspecified atom stereocenters. The van der Waals surface area contributed by atoms with E-state index in [2.05, 4.69) is 26.6 Å². The fourth-order valence-corrected chi connectivity index (χ4v) is 2.71. The maximum atomic E-state index is 12.2. The molecule has 0 atom stereocenters. The van der Waals surface area contributed by atoms with Gasteiger partial charge in [-0.05, 0) is 55.2 Å². The molecule has 4 nitrogen and oxygen atoms in total. The van der Waals surface area contributed by atoms with Crippen LogP contribution in [0.1, 0.15) is 30.0 Å². The van der Waals surface area contributed by atoms with Crippen LogP contribution in [-0.2, 0) is 16.0 Å². The van der Waals surface area contributed by atoms with Crippen molar-refractivity contribution >= 4 is 39.1 Å². The van der Waals surface area contributed by atoms with Gasteiger partial charge in [-0.3, -0.25) is 9.59 Å². The summed E-state index contributed by atoms with van der Waals surface area (Å²) in [5.74, 6) is -0.647. The molecule has 0 bridgehead atoms. The number of aryl methyl sites for hydroxylation is 3. The maximum absolute atomic E-state index is 12.2. The molecule has 0 aliphatic heterocycles. The molecule has 0 saturated heterocycles. The summed E-state index contributed by atoms with van der Waals surface area (Å²) in [4.78, 5) is 24.2. The highest BCUT2D eigenvalue weighted by atomic mass is 79.9. The number of rotatable bonds is 5. The number of hydrogen-bond acceptors (Lipinski definition) is 2. The average molecular weight is 389 g/mol. The van der Waals surface area contributed by atoms with E-state index >= 15 is 0 Å². The van der Waals surface area contributed by atoms with Gasteiger partial charge in [-0.1, -0.05) is 41.1 Å². The van der Waals surface area contributed by atoms with Crippen molar-refractivity contribution in [3.8, 4) is 0 Å². The molecular weight excluding hydrogens is 368 g/mol. The van der Waals surface area contributed by atoms with Crippen LogP contribution >= 0.6 is 15.9 Å². The van der Waals surface area contributed by atoms with Gasteiger partial charge in [-0.15, -0.1) is 0 Å². The Labute approximate surface area is 150 Å². The quantitative estimate of drug-likeness (QED) is 0.735. The molecule has 2 N–H and O–H groups in total. The number of carbonyl (C=O) groups is 2. The number of carbonyl (C=O) groups excluding carboxylic acids is 2. The fraction of sp³-hybridized carbons (Fsp3) is 0.263. The Morgan fingerprint density at radius 3 is 2.38 bits per heavy atom. The van der Waals surface area contributed by atoms with Crippen LogP contribution in [-0.4, -0.2) is 11.8 Å². The van der Waals surface area contributed by atoms with Crippen molar-refractivity contribution in [3.05, 3.63) is 57.6 Å². The Bertz CT molecular complexity index is 772. The predicted octanol–water partition coefficient (Wildman–Crippen LogP) is 4.60. The Hall–Kier alpha value is -2.14. The molecule has 0 fully saturated rings. The van der Waals surface area contributed by atoms with Crippen LogP contribution in [0.2, 0.25) is 0 Å². The van der Waals surface area contributed by atoms with E-state index in [0.717, 1.165) is 33.3 Å². The zero-order valence-electron chi connectivity index (χ0n) is 14.1. The Morgan fingerprint density at radius 2 is 1.71 bits per heavy atom. The number of amides is 2. The highest BCUT2D eigenvalue weighted by Gasteiger charge is 2.13. The lowest BCUT2D eigenvalue weighted by atomic mass is 10.1. The average Bonchev–Trinajstić information content (AvgIpc) is 2.52. The molecule has 126 valence electrons. The second kappa shape index (κ2) is 8.11. The smallest absolute Gasteiger partial charge is 0.233 e. The first-order valence-electron chi connectivity index (χ1n) is 7.85. The van der Waals surface area contributed by atoms with Crippen molar-refractivity contribution in [3.63, 3.8) is 0 Å². The van der Waals surface area contributed by atoms with Crippen LogP contribution in [0.5, 0.6) is 0 Å². The van der Waals surface area contributed by atoms with E-state index in [-0.39, 0.29) is 18.2 Å². The van der Waals surface area contributed by atoms with Gasteiger partial charge in [-0.2, -0.15) is 0 Å². The summed E-state index contributed by atoms with van der Waals surface area (Å²) in [7, 11) is 0. The molecule has 2 rings (SSSR count). The summed E-state index contributed by atoms with van der Waals surface area (Å²) in [5.41, 5.74) is 4.56. The standard InChI is InChI=1S/C19H21BrN2O2/c1-4-14-7-5-6-12(2)19(14)22-18(24)11-17(23)21-15-8-9-16(20)13(3)10-15/h5-10H,4,11H2,1-3H3,(H,21,23)(H,22,24). The van der Waals surface area contributed by atoms with Gasteiger partial charge in [0.25, 0.3) is 0 Å². The Morgan fingerprint density at radius 1 is 1.00 bits per heavy atom. The van der Waals surface area contributed by atoms with Gasteiger partial charge >= 0.3 is 0 Å². The van der Waals surface area contributed by atoms with Gasteiger partial charge in [0.1, 0.15) is 6.42 Å². The molecule has 0 heterocycles. The lowest BCUT2D eigenvalue weighted by molar-refractivity contribution is -0.123. The minimum absolute atomic E-state index is 0.216. The van der Waals surface area contributed by atoms with E-state index in [1.54, 1.807) is 6.07 Å². The highest BCUT2D eigenvalue weighted by molar-refractivity contribution is 9.10. The van der Waals surface area contributed by atoms with E-state index in [0.29, 0.717) is 5.69 Å². The minimum Gasteiger partial charge on any atom is -0.326 e. The number of halogens is 1. The van der Waals surface area contributed by atoms with E-state index in [9.17, 15) is 9.59 Å². The highest BCUT2D eigenvalue weighted by Crippen LogP contribution is 2.22. The van der Waals surface area contributed by atoms with Crippen molar-refractivity contribution in [2.24, 2.45) is 0 Å². The van der Waals surface area contributed by atoms with Crippen LogP contribution in [0.25, 0.3) is 0 Å². The van der Waals surface area contributed by atoms with E-state index in [1.807, 2.05) is 51.1 Å². The number of hydrogen-bond donors (Lipinski definition) is 2. The second-order valence-electron chi connectivity index (χ2n) is 5.70. The summed E-state index contributed by atoms with van der Waals surface area (Å²) < 4.78 is 0.977. The first-order chi connectivity index (χ1) is 11.4. The summed E-state index contributed by atoms with van der Waals surface area (Å²) in [6.45, 7) is 5.92. The lowest BCUT2D eigenvalue weighted by Gasteiger charge is -2.13. The van der Waals surface area contributed by atoms with Crippen molar-refractivity contribution in [1.29, 1.82) is 0 Å². The van der Waals surface area contributed by atoms with Crippen LogP contribution in [0.15, 0.2) is 40.9 Å². The van der Waals surface area contributed by atoms with Crippen LogP contribution < -0.4 is 10.6 Å². The van der Waals surface area contributed by atoms with Crippen molar-refractivity contribution in [2.75, 3.05) is 10.6 Å². The number of para-hydroxylation sites is 1. The number of benzene rings is 2. The first kappa shape index (κ1) is 18.2. The normalized spacial score (nSPS) is 10.3. The number of nitrogens with one attached hydrogen (secondary N) is 2. The zero-order chi connectivity index (χ0) is 17.7. The fourth-order valence-electron chi connectivity index (χ4n) is 2.46. The van der Waals surface area contributed by atoms with Gasteiger partial charge < -0.3 is 10.6 Å². The van der Waals surface area contributed by atoms with Crippen molar-refractivity contribution in [2.45, 2.75) is 33.6 Å². The Balaban J connectivity index is 1.99. The van der Waals surface area contributed by atoms with Crippen molar-refractivity contribution in [1.82, 2.24) is 0 Å². The summed E-state index contributed by atoms with van der Waals surface area (Å²) in [6, 6.07) is 11.4. The van der Waals surface area contributed by atoms with Gasteiger partial charge in [-0.25, -0.2) is 0 Å². The molecule has 0 aliphatic carbocycles. The molecule has 2 aromatic carbocycles. The third-order valence-corrected chi connectivity index (χ3v) is 4.66. The van der Waals surface area contributed by atoms with Gasteiger partial charge in [0.15, 0.2) is 0 Å². The number of anilines is 2. The van der Waals surface area contributed by atoms with Crippen molar-refractivity contribution < 1.29 is 9.59 Å². The van der Waals surface area contributed by atoms with E-state index in [1.165, 1.54) is 0 Å². The second-order valence-corrected chi connectivity index (χ2v) is 6.55. The molecule has 5 heteroatoms. The van der Waals surface area contributed by atoms with Crippen LogP contribution in [0.4, 0.5) is 11.4 Å². The van der Waals surface area contributed by atoms with Crippen LogP contribution in [0, 0.1) is 13.8 Å². The first-order valence-corrected chi connectivity index (χ1v) is 8.64. The lowest BCUT2D eigenvalue weighted by Crippen LogP contribution is -2.22. The van der Waals surface area contributed by atoms with E-state index in [4.69, 9.17) is 0 Å². The molecule has 0 radical (unpaired) electrons. The molecule has 2 amide bonds.